The van der Waals surface area contributed by atoms with Gasteiger partial charge in [0.2, 0.25) is 0 Å². The van der Waals surface area contributed by atoms with E-state index in [-0.39, 0.29) is 4.47 Å². The van der Waals surface area contributed by atoms with Gasteiger partial charge >= 0.3 is 13.3 Å². The lowest BCUT2D eigenvalue weighted by atomic mass is 10.1. The van der Waals surface area contributed by atoms with Crippen LogP contribution in [0.5, 0.6) is 0 Å². The number of alkyl halides is 2. The Morgan fingerprint density at radius 1 is 1.23 bits per heavy atom. The topological polar surface area (TPSA) is 91.7 Å². The lowest BCUT2D eigenvalue weighted by Gasteiger charge is -2.19. The van der Waals surface area contributed by atoms with Crippen molar-refractivity contribution in [3.63, 3.8) is 0 Å². The fraction of sp³-hybridized carbons (Fsp3) is 0.368. The van der Waals surface area contributed by atoms with Crippen molar-refractivity contribution < 1.29 is 31.6 Å². The van der Waals surface area contributed by atoms with Crippen LogP contribution < -0.4 is 0 Å². The summed E-state index contributed by atoms with van der Waals surface area (Å²) < 4.78 is 62.2. The highest BCUT2D eigenvalue weighted by atomic mass is 79.9. The second-order valence-corrected chi connectivity index (χ2v) is 12.9. The lowest BCUT2D eigenvalue weighted by molar-refractivity contribution is 0.0557. The molecule has 2 aromatic rings. The predicted octanol–water partition coefficient (Wildman–Crippen LogP) is 5.12. The fourth-order valence-electron chi connectivity index (χ4n) is 3.19. The molecule has 0 amide bonds. The van der Waals surface area contributed by atoms with E-state index in [2.05, 4.69) is 15.9 Å². The summed E-state index contributed by atoms with van der Waals surface area (Å²) in [5.41, 5.74) is -3.22. The van der Waals surface area contributed by atoms with Crippen molar-refractivity contribution in [2.24, 2.45) is 5.92 Å². The smallest absolute Gasteiger partial charge is 0.320 e. The van der Waals surface area contributed by atoms with Crippen molar-refractivity contribution in [1.29, 1.82) is 0 Å². The minimum absolute atomic E-state index is 0.0455. The summed E-state index contributed by atoms with van der Waals surface area (Å²) >= 11 is 4.62. The second kappa shape index (κ2) is 8.64. The van der Waals surface area contributed by atoms with Crippen LogP contribution in [0.25, 0.3) is 0 Å². The van der Waals surface area contributed by atoms with E-state index >= 15 is 0 Å². The Morgan fingerprint density at radius 2 is 1.93 bits per heavy atom. The summed E-state index contributed by atoms with van der Waals surface area (Å²) in [5, 5.41) is 0. The van der Waals surface area contributed by atoms with Gasteiger partial charge in [0, 0.05) is 22.0 Å². The van der Waals surface area contributed by atoms with Gasteiger partial charge in [0.15, 0.2) is 9.84 Å². The van der Waals surface area contributed by atoms with E-state index in [0.717, 1.165) is 29.4 Å². The molecule has 0 aromatic heterocycles. The van der Waals surface area contributed by atoms with Crippen LogP contribution in [-0.2, 0) is 25.8 Å². The van der Waals surface area contributed by atoms with E-state index < -0.39 is 28.7 Å². The third-order valence-corrected chi connectivity index (χ3v) is 8.90. The van der Waals surface area contributed by atoms with Crippen LogP contribution in [0.2, 0.25) is 0 Å². The molecule has 0 saturated heterocycles. The zero-order valence-corrected chi connectivity index (χ0v) is 19.9. The Morgan fingerprint density at radius 3 is 2.53 bits per heavy atom. The average Bonchev–Trinajstić information content (AvgIpc) is 3.39. The molecule has 2 atom stereocenters. The third kappa shape index (κ3) is 5.34. The molecule has 0 bridgehead atoms. The second-order valence-electron chi connectivity index (χ2n) is 7.36. The van der Waals surface area contributed by atoms with Gasteiger partial charge in [-0.05, 0) is 53.3 Å². The van der Waals surface area contributed by atoms with E-state index in [1.54, 1.807) is 30.0 Å². The van der Waals surface area contributed by atoms with Crippen LogP contribution in [0, 0.1) is 5.92 Å². The van der Waals surface area contributed by atoms with Crippen LogP contribution in [0.4, 0.5) is 8.78 Å². The van der Waals surface area contributed by atoms with Gasteiger partial charge in [0.05, 0.1) is 4.90 Å². The minimum Gasteiger partial charge on any atom is -0.320 e. The molecule has 1 aliphatic carbocycles. The molecule has 1 saturated carbocycles. The number of rotatable bonds is 8. The molecule has 30 heavy (non-hydrogen) atoms. The first-order valence-corrected chi connectivity index (χ1v) is 14.4. The minimum atomic E-state index is -5.62. The molecule has 0 spiro atoms. The van der Waals surface area contributed by atoms with E-state index in [1.165, 1.54) is 18.4 Å². The van der Waals surface area contributed by atoms with Crippen molar-refractivity contribution in [1.82, 2.24) is 0 Å². The molecule has 2 N–H and O–H groups in total. The van der Waals surface area contributed by atoms with Crippen molar-refractivity contribution >= 4 is 45.1 Å². The van der Waals surface area contributed by atoms with Gasteiger partial charge in [-0.3, -0.25) is 4.57 Å². The highest BCUT2D eigenvalue weighted by Gasteiger charge is 2.51. The molecule has 0 aliphatic heterocycles. The number of halogens is 3. The Hall–Kier alpha value is -0.770. The molecule has 5 nitrogen and oxygen atoms in total. The summed E-state index contributed by atoms with van der Waals surface area (Å²) in [6.45, 7) is 0. The molecule has 2 aromatic carbocycles. The molecule has 11 heteroatoms. The Labute approximate surface area is 186 Å². The normalized spacial score (nSPS) is 19.7. The van der Waals surface area contributed by atoms with E-state index in [1.807, 2.05) is 6.07 Å². The SMILES string of the molecule is CS(=O)(=O)c1cccc(C2CC2CSCc2ccc(C(F)(F)P(=O)(O)O)c(Br)c2)c1. The van der Waals surface area contributed by atoms with Gasteiger partial charge in [0.25, 0.3) is 0 Å². The molecule has 164 valence electrons. The maximum atomic E-state index is 13.9. The molecule has 3 rings (SSSR count). The van der Waals surface area contributed by atoms with Crippen molar-refractivity contribution in [2.45, 2.75) is 28.7 Å². The molecular weight excluding hydrogens is 521 g/mol. The highest BCUT2D eigenvalue weighted by Crippen LogP contribution is 2.60. The Bertz CT molecular complexity index is 1100. The summed E-state index contributed by atoms with van der Waals surface area (Å²) in [4.78, 5) is 18.1. The number of thioether (sulfide) groups is 1. The van der Waals surface area contributed by atoms with Crippen molar-refractivity contribution in [3.05, 3.63) is 63.6 Å². The first kappa shape index (κ1) is 23.9. The number of sulfone groups is 1. The quantitative estimate of drug-likeness (QED) is 0.451. The van der Waals surface area contributed by atoms with Crippen LogP contribution in [0.3, 0.4) is 0 Å². The molecule has 0 heterocycles. The van der Waals surface area contributed by atoms with Crippen LogP contribution in [-0.4, -0.2) is 30.2 Å². The zero-order valence-electron chi connectivity index (χ0n) is 15.8. The van der Waals surface area contributed by atoms with Gasteiger partial charge in [-0.25, -0.2) is 8.42 Å². The molecule has 1 aliphatic rings. The van der Waals surface area contributed by atoms with E-state index in [9.17, 15) is 21.8 Å². The molecule has 0 radical (unpaired) electrons. The molecule has 1 fully saturated rings. The Kier molecular flexibility index (Phi) is 6.88. The van der Waals surface area contributed by atoms with Gasteiger partial charge in [0.1, 0.15) is 0 Å². The highest BCUT2D eigenvalue weighted by molar-refractivity contribution is 9.10. The van der Waals surface area contributed by atoms with Gasteiger partial charge in [-0.15, -0.1) is 0 Å². The summed E-state index contributed by atoms with van der Waals surface area (Å²) in [6.07, 6.45) is 2.16. The summed E-state index contributed by atoms with van der Waals surface area (Å²) in [7, 11) is -8.86. The maximum absolute atomic E-state index is 13.9. The van der Waals surface area contributed by atoms with Crippen LogP contribution in [0.1, 0.15) is 29.0 Å². The van der Waals surface area contributed by atoms with Gasteiger partial charge < -0.3 is 9.79 Å². The van der Waals surface area contributed by atoms with Crippen LogP contribution in [0.15, 0.2) is 51.8 Å². The number of hydrogen-bond acceptors (Lipinski definition) is 4. The van der Waals surface area contributed by atoms with E-state index in [4.69, 9.17) is 9.79 Å². The van der Waals surface area contributed by atoms with Crippen molar-refractivity contribution in [3.8, 4) is 0 Å². The summed E-state index contributed by atoms with van der Waals surface area (Å²) in [6, 6.07) is 10.9. The molecular formula is C19H20BrF2O5PS2. The lowest BCUT2D eigenvalue weighted by Crippen LogP contribution is -2.14. The largest absolute Gasteiger partial charge is 0.399 e. The van der Waals surface area contributed by atoms with Gasteiger partial charge in [-0.2, -0.15) is 20.5 Å². The molecule has 2 unspecified atom stereocenters. The maximum Gasteiger partial charge on any atom is 0.399 e. The Balaban J connectivity index is 1.57. The van der Waals surface area contributed by atoms with Crippen LogP contribution >= 0.6 is 35.3 Å². The standard InChI is InChI=1S/C19H20BrF2O5PS2/c1-30(26,27)15-4-2-3-13(8-15)16-9-14(16)11-29-10-12-5-6-17(18(20)7-12)19(21,22)28(23,24)25/h2-8,14,16H,9-11H2,1H3,(H2,23,24,25). The average molecular weight is 541 g/mol. The number of hydrogen-bond donors (Lipinski definition) is 2. The first-order chi connectivity index (χ1) is 13.8. The summed E-state index contributed by atoms with van der Waals surface area (Å²) in [5.74, 6) is 2.14. The van der Waals surface area contributed by atoms with E-state index in [0.29, 0.717) is 22.5 Å². The zero-order chi connectivity index (χ0) is 22.3. The predicted molar refractivity (Wildman–Crippen MR) is 117 cm³/mol. The fourth-order valence-corrected chi connectivity index (χ4v) is 6.41. The van der Waals surface area contributed by atoms with Gasteiger partial charge in [-0.1, -0.05) is 40.2 Å². The van der Waals surface area contributed by atoms with Crippen molar-refractivity contribution in [2.75, 3.05) is 12.0 Å². The monoisotopic (exact) mass is 540 g/mol. The number of benzene rings is 2. The third-order valence-electron chi connectivity index (χ3n) is 4.96. The first-order valence-electron chi connectivity index (χ1n) is 8.91.